The van der Waals surface area contributed by atoms with Crippen LogP contribution in [0.2, 0.25) is 0 Å². The molecule has 1 aromatic carbocycles. The molecule has 9 heteroatoms. The minimum absolute atomic E-state index is 0. The van der Waals surface area contributed by atoms with Crippen molar-refractivity contribution in [2.45, 2.75) is 32.7 Å². The van der Waals surface area contributed by atoms with E-state index in [-0.39, 0.29) is 30.6 Å². The van der Waals surface area contributed by atoms with Gasteiger partial charge in [-0.25, -0.2) is 4.99 Å². The number of thiophene rings is 1. The SMILES string of the molecule is CCNC(=NCc1ccc(COCC(F)(F)F)cc1)NCCc1cccs1.I. The maximum atomic E-state index is 12.1. The number of ether oxygens (including phenoxy) is 1. The van der Waals surface area contributed by atoms with Crippen LogP contribution in [0.25, 0.3) is 0 Å². The van der Waals surface area contributed by atoms with Gasteiger partial charge in [0.15, 0.2) is 5.96 Å². The lowest BCUT2D eigenvalue weighted by atomic mass is 10.1. The molecule has 4 nitrogen and oxygen atoms in total. The molecule has 0 aliphatic rings. The zero-order chi connectivity index (χ0) is 19.5. The molecular formula is C19H25F3IN3OS. The van der Waals surface area contributed by atoms with Crippen molar-refractivity contribution in [2.24, 2.45) is 4.99 Å². The number of nitrogens with one attached hydrogen (secondary N) is 2. The minimum atomic E-state index is -4.30. The van der Waals surface area contributed by atoms with Gasteiger partial charge in [-0.05, 0) is 35.9 Å². The molecule has 0 fully saturated rings. The summed E-state index contributed by atoms with van der Waals surface area (Å²) in [5, 5.41) is 8.57. The average molecular weight is 527 g/mol. The third-order valence-electron chi connectivity index (χ3n) is 3.57. The van der Waals surface area contributed by atoms with Crippen LogP contribution in [0.4, 0.5) is 13.2 Å². The van der Waals surface area contributed by atoms with Crippen LogP contribution in [0.1, 0.15) is 22.9 Å². The first-order valence-electron chi connectivity index (χ1n) is 8.73. The number of hydrogen-bond donors (Lipinski definition) is 2. The Balaban J connectivity index is 0.00000392. The van der Waals surface area contributed by atoms with Gasteiger partial charge in [0.25, 0.3) is 0 Å². The predicted molar refractivity (Wildman–Crippen MR) is 118 cm³/mol. The first-order valence-corrected chi connectivity index (χ1v) is 9.61. The maximum absolute atomic E-state index is 12.1. The van der Waals surface area contributed by atoms with E-state index in [0.717, 1.165) is 31.0 Å². The Labute approximate surface area is 184 Å². The van der Waals surface area contributed by atoms with Crippen LogP contribution >= 0.6 is 35.3 Å². The third-order valence-corrected chi connectivity index (χ3v) is 4.50. The molecule has 0 unspecified atom stereocenters. The molecule has 0 aliphatic heterocycles. The first kappa shape index (κ1) is 24.7. The molecule has 0 saturated carbocycles. The Bertz CT molecular complexity index is 691. The Kier molecular flexibility index (Phi) is 11.5. The third kappa shape index (κ3) is 10.3. The van der Waals surface area contributed by atoms with Crippen LogP contribution in [0.5, 0.6) is 0 Å². The maximum Gasteiger partial charge on any atom is 0.411 e. The highest BCUT2D eigenvalue weighted by Gasteiger charge is 2.27. The Morgan fingerprint density at radius 1 is 1.11 bits per heavy atom. The topological polar surface area (TPSA) is 45.7 Å². The van der Waals surface area contributed by atoms with Crippen LogP contribution in [0.3, 0.4) is 0 Å². The van der Waals surface area contributed by atoms with Gasteiger partial charge in [0.1, 0.15) is 6.61 Å². The van der Waals surface area contributed by atoms with E-state index < -0.39 is 12.8 Å². The molecular weight excluding hydrogens is 502 g/mol. The molecule has 28 heavy (non-hydrogen) atoms. The second-order valence-corrected chi connectivity index (χ2v) is 6.91. The van der Waals surface area contributed by atoms with Crippen molar-refractivity contribution >= 4 is 41.3 Å². The zero-order valence-corrected chi connectivity index (χ0v) is 18.7. The molecule has 0 amide bonds. The fraction of sp³-hybridized carbons (Fsp3) is 0.421. The molecule has 0 bridgehead atoms. The number of benzene rings is 1. The van der Waals surface area contributed by atoms with E-state index in [1.807, 2.05) is 25.1 Å². The minimum Gasteiger partial charge on any atom is -0.367 e. The summed E-state index contributed by atoms with van der Waals surface area (Å²) in [5.41, 5.74) is 1.68. The summed E-state index contributed by atoms with van der Waals surface area (Å²) in [6, 6.07) is 11.4. The molecule has 156 valence electrons. The number of hydrogen-bond acceptors (Lipinski definition) is 3. The first-order chi connectivity index (χ1) is 13.0. The van der Waals surface area contributed by atoms with Crippen molar-refractivity contribution < 1.29 is 17.9 Å². The van der Waals surface area contributed by atoms with Crippen LogP contribution in [-0.4, -0.2) is 31.8 Å². The number of guanidine groups is 1. The van der Waals surface area contributed by atoms with Crippen LogP contribution in [0.15, 0.2) is 46.8 Å². The lowest BCUT2D eigenvalue weighted by molar-refractivity contribution is -0.176. The molecule has 1 heterocycles. The summed E-state index contributed by atoms with van der Waals surface area (Å²) >= 11 is 1.73. The average Bonchev–Trinajstić information content (AvgIpc) is 3.13. The fourth-order valence-electron chi connectivity index (χ4n) is 2.30. The number of nitrogens with zero attached hydrogens (tertiary/aromatic N) is 1. The number of alkyl halides is 3. The smallest absolute Gasteiger partial charge is 0.367 e. The second-order valence-electron chi connectivity index (χ2n) is 5.88. The summed E-state index contributed by atoms with van der Waals surface area (Å²) < 4.78 is 40.9. The fourth-order valence-corrected chi connectivity index (χ4v) is 3.01. The van der Waals surface area contributed by atoms with Crippen molar-refractivity contribution in [3.05, 3.63) is 57.8 Å². The van der Waals surface area contributed by atoms with E-state index in [4.69, 9.17) is 0 Å². The van der Waals surface area contributed by atoms with Gasteiger partial charge in [-0.1, -0.05) is 30.3 Å². The van der Waals surface area contributed by atoms with Crippen molar-refractivity contribution in [1.29, 1.82) is 0 Å². The summed E-state index contributed by atoms with van der Waals surface area (Å²) in [6.07, 6.45) is -3.36. The van der Waals surface area contributed by atoms with Crippen LogP contribution in [-0.2, 0) is 24.3 Å². The quantitative estimate of drug-likeness (QED) is 0.282. The van der Waals surface area contributed by atoms with E-state index in [1.54, 1.807) is 23.5 Å². The highest BCUT2D eigenvalue weighted by Crippen LogP contribution is 2.16. The molecule has 0 radical (unpaired) electrons. The van der Waals surface area contributed by atoms with Gasteiger partial charge in [0.05, 0.1) is 13.2 Å². The monoisotopic (exact) mass is 527 g/mol. The van der Waals surface area contributed by atoms with E-state index in [2.05, 4.69) is 31.8 Å². The molecule has 2 rings (SSSR count). The summed E-state index contributed by atoms with van der Waals surface area (Å²) in [7, 11) is 0. The Morgan fingerprint density at radius 2 is 1.82 bits per heavy atom. The van der Waals surface area contributed by atoms with Crippen molar-refractivity contribution in [1.82, 2.24) is 10.6 Å². The molecule has 1 aromatic heterocycles. The summed E-state index contributed by atoms with van der Waals surface area (Å²) in [6.45, 7) is 2.75. The second kappa shape index (κ2) is 13.0. The standard InChI is InChI=1S/C19H24F3N3OS.HI/c1-2-23-18(24-10-9-17-4-3-11-27-17)25-12-15-5-7-16(8-6-15)13-26-14-19(20,21)22;/h3-8,11H,2,9-10,12-14H2,1H3,(H2,23,24,25);1H. The van der Waals surface area contributed by atoms with Gasteiger partial charge in [-0.2, -0.15) is 13.2 Å². The van der Waals surface area contributed by atoms with Gasteiger partial charge in [0, 0.05) is 18.0 Å². The molecule has 2 aromatic rings. The van der Waals surface area contributed by atoms with Crippen molar-refractivity contribution in [3.63, 3.8) is 0 Å². The molecule has 0 atom stereocenters. The van der Waals surface area contributed by atoms with E-state index in [0.29, 0.717) is 12.1 Å². The molecule has 0 spiro atoms. The van der Waals surface area contributed by atoms with E-state index >= 15 is 0 Å². The summed E-state index contributed by atoms with van der Waals surface area (Å²) in [5.74, 6) is 0.742. The largest absolute Gasteiger partial charge is 0.411 e. The van der Waals surface area contributed by atoms with Crippen molar-refractivity contribution in [2.75, 3.05) is 19.7 Å². The Morgan fingerprint density at radius 3 is 2.43 bits per heavy atom. The zero-order valence-electron chi connectivity index (χ0n) is 15.6. The Hall–Kier alpha value is -1.33. The van der Waals surface area contributed by atoms with Crippen LogP contribution in [0, 0.1) is 0 Å². The normalized spacial score (nSPS) is 11.8. The van der Waals surface area contributed by atoms with E-state index in [9.17, 15) is 13.2 Å². The highest BCUT2D eigenvalue weighted by atomic mass is 127. The number of aliphatic imine (C=N–C) groups is 1. The molecule has 0 saturated heterocycles. The van der Waals surface area contributed by atoms with Gasteiger partial charge in [-0.15, -0.1) is 35.3 Å². The summed E-state index contributed by atoms with van der Waals surface area (Å²) in [4.78, 5) is 5.87. The number of halogens is 4. The van der Waals surface area contributed by atoms with Crippen LogP contribution < -0.4 is 10.6 Å². The van der Waals surface area contributed by atoms with Gasteiger partial charge < -0.3 is 15.4 Å². The van der Waals surface area contributed by atoms with E-state index in [1.165, 1.54) is 4.88 Å². The van der Waals surface area contributed by atoms with Gasteiger partial charge >= 0.3 is 6.18 Å². The molecule has 2 N–H and O–H groups in total. The van der Waals surface area contributed by atoms with Gasteiger partial charge in [0.2, 0.25) is 0 Å². The lowest BCUT2D eigenvalue weighted by Crippen LogP contribution is -2.38. The van der Waals surface area contributed by atoms with Crippen molar-refractivity contribution in [3.8, 4) is 0 Å². The van der Waals surface area contributed by atoms with Gasteiger partial charge in [-0.3, -0.25) is 0 Å². The molecule has 0 aliphatic carbocycles. The highest BCUT2D eigenvalue weighted by molar-refractivity contribution is 14.0. The predicted octanol–water partition coefficient (Wildman–Crippen LogP) is 4.74. The lowest BCUT2D eigenvalue weighted by Gasteiger charge is -2.11. The number of rotatable bonds is 9.